The lowest BCUT2D eigenvalue weighted by Crippen LogP contribution is -2.46. The van der Waals surface area contributed by atoms with Crippen molar-refractivity contribution in [1.29, 1.82) is 0 Å². The highest BCUT2D eigenvalue weighted by Crippen LogP contribution is 2.48. The number of Topliss-reactive ketones (excluding diaryl/α,β-unsaturated/α-hetero) is 2. The first-order valence-corrected chi connectivity index (χ1v) is 45.6. The summed E-state index contributed by atoms with van der Waals surface area (Å²) in [4.78, 5) is 126. The molecule has 0 radical (unpaired) electrons. The van der Waals surface area contributed by atoms with Crippen molar-refractivity contribution in [2.75, 3.05) is 19.7 Å². The predicted octanol–water partition coefficient (Wildman–Crippen LogP) is 21.1. The molecular formula is C102H168F4N8O14S. The molecule has 22 nitrogen and oxygen atoms in total. The number of esters is 1. The number of carbonyl (C=O) groups excluding carboxylic acids is 11. The number of allylic oxidation sites excluding steroid dienone is 6. The van der Waals surface area contributed by atoms with Crippen LogP contribution in [0.25, 0.3) is 0 Å². The molecule has 4 N–H and O–H groups in total. The molecule has 0 spiro atoms. The van der Waals surface area contributed by atoms with Gasteiger partial charge in [-0.2, -0.15) is 4.39 Å². The van der Waals surface area contributed by atoms with E-state index < -0.39 is 31.8 Å². The Bertz CT molecular complexity index is 4250. The Morgan fingerprint density at radius 1 is 0.558 bits per heavy atom. The Morgan fingerprint density at radius 3 is 1.20 bits per heavy atom. The summed E-state index contributed by atoms with van der Waals surface area (Å²) in [5.74, 6) is 1.92. The van der Waals surface area contributed by atoms with E-state index in [1.54, 1.807) is 70.6 Å². The topological polar surface area (TPSA) is 304 Å². The van der Waals surface area contributed by atoms with Crippen molar-refractivity contribution >= 4 is 74.4 Å². The number of sulfone groups is 1. The lowest BCUT2D eigenvalue weighted by atomic mass is 9.74. The lowest BCUT2D eigenvalue weighted by Gasteiger charge is -2.36. The van der Waals surface area contributed by atoms with Crippen LogP contribution in [0.5, 0.6) is 0 Å². The van der Waals surface area contributed by atoms with Crippen molar-refractivity contribution in [1.82, 2.24) is 40.8 Å². The molecule has 6 aliphatic rings. The maximum Gasteiger partial charge on any atom is 0.319 e. The van der Waals surface area contributed by atoms with Gasteiger partial charge in [-0.25, -0.2) is 21.6 Å². The molecule has 734 valence electrons. The molecule has 27 heteroatoms. The fourth-order valence-electron chi connectivity index (χ4n) is 10.4. The van der Waals surface area contributed by atoms with Crippen LogP contribution in [0.15, 0.2) is 108 Å². The summed E-state index contributed by atoms with van der Waals surface area (Å²) in [5.41, 5.74) is -1.73. The molecule has 0 aromatic carbocycles. The van der Waals surface area contributed by atoms with Crippen LogP contribution in [0.3, 0.4) is 0 Å². The third-order valence-electron chi connectivity index (χ3n) is 18.3. The number of aromatic nitrogens is 2. The monoisotopic (exact) mass is 1840 g/mol. The highest BCUT2D eigenvalue weighted by Gasteiger charge is 2.56. The Hall–Kier alpha value is -9.11. The lowest BCUT2D eigenvalue weighted by molar-refractivity contribution is -0.156. The zero-order valence-corrected chi connectivity index (χ0v) is 87.3. The zero-order chi connectivity index (χ0) is 103. The number of terminal acetylenes is 2. The molecule has 1 unspecified atom stereocenters. The highest BCUT2D eigenvalue weighted by atomic mass is 32.2. The predicted molar refractivity (Wildman–Crippen MR) is 517 cm³/mol. The molecule has 4 aliphatic carbocycles. The Balaban J connectivity index is -0.000000435. The van der Waals surface area contributed by atoms with Crippen molar-refractivity contribution in [2.24, 2.45) is 33.0 Å². The number of hydrogen-bond acceptors (Lipinski definition) is 15. The molecule has 2 aliphatic heterocycles. The van der Waals surface area contributed by atoms with E-state index in [0.717, 1.165) is 57.0 Å². The standard InChI is InChI=1S/C11H18FNO.C11H18O3.C10H16FNO.C10H16O.C9H16FNO.C9H15NO.C8H13NO.C7H11FN2.C7H11NO.C7H12O.C7H10O.C6H12O2S/c1-11(2,3)13-10(14)8-6-4-5-7-9(8)12;1-8(12)11(5-6-11)9(13)14-7-10(2,3)4;1-10(2,3)12-9(13)7-5-4-6-8(7)11;1-10(2,3)8-6-4-5-7-9(8)11;1-6(7(2)10)8(12)11-9(3,4)5;1-9(2,3)10-7-5-4-6-8(10)11;1-8(2,3)9-6-4-5-7(9)10;1-7(2,3)10-5-4-6(8)9-10;1-5-6(9)8-7(2,3)4;2*1-5-6(8)7(2,3)4;1-5-9(7,8)6(2,3)4/h4-7H2,1-3H3,(H,13,14);5-7H2,1-4H3;4-6H2,1-3H3,(H,12,13);5,7-8H,4,6H2,1-3H3;1-5H3,(H,11,12);4,6H,5,7H2,1-3H3;4-5H,6H2,1-3H3;4-5H,1-3H3;1H,2-4H3,(H,8,9);5H,1H2,2-4H3;1H,2-4H3;5H,1H2,2-4H3/b;;;;7-6-;;;;;;;. The van der Waals surface area contributed by atoms with E-state index in [0.29, 0.717) is 62.1 Å². The molecule has 1 saturated carbocycles. The van der Waals surface area contributed by atoms with Crippen LogP contribution in [0.1, 0.15) is 347 Å². The summed E-state index contributed by atoms with van der Waals surface area (Å²) in [6.45, 7) is 81.9. The van der Waals surface area contributed by atoms with Gasteiger partial charge in [-0.1, -0.05) is 114 Å². The fraction of sp³-hybridized carbons (Fsp3) is 0.667. The van der Waals surface area contributed by atoms with Gasteiger partial charge >= 0.3 is 5.97 Å². The summed E-state index contributed by atoms with van der Waals surface area (Å²) in [5, 5.41) is 15.4. The van der Waals surface area contributed by atoms with Gasteiger partial charge in [-0.3, -0.25) is 57.4 Å². The van der Waals surface area contributed by atoms with E-state index in [-0.39, 0.29) is 142 Å². The molecule has 6 amide bonds. The van der Waals surface area contributed by atoms with Gasteiger partial charge in [0.05, 0.1) is 16.9 Å². The molecule has 0 saturated heterocycles. The second-order valence-electron chi connectivity index (χ2n) is 44.5. The fourth-order valence-corrected chi connectivity index (χ4v) is 10.9. The van der Waals surface area contributed by atoms with Crippen molar-refractivity contribution in [3.8, 4) is 24.7 Å². The second kappa shape index (κ2) is 54.6. The van der Waals surface area contributed by atoms with E-state index in [4.69, 9.17) is 17.6 Å². The number of nitrogens with one attached hydrogen (secondary N) is 4. The number of hydrogen-bond donors (Lipinski definition) is 4. The summed E-state index contributed by atoms with van der Waals surface area (Å²) in [6.07, 6.45) is 32.4. The van der Waals surface area contributed by atoms with Crippen molar-refractivity contribution in [3.05, 3.63) is 114 Å². The number of halogens is 4. The van der Waals surface area contributed by atoms with Crippen molar-refractivity contribution in [2.45, 2.75) is 391 Å². The number of ketones is 4. The van der Waals surface area contributed by atoms with E-state index in [9.17, 15) is 78.7 Å². The maximum absolute atomic E-state index is 13.3. The van der Waals surface area contributed by atoms with E-state index >= 15 is 0 Å². The molecule has 1 aromatic heterocycles. The molecule has 129 heavy (non-hydrogen) atoms. The number of carbonyl (C=O) groups is 11. The molecule has 7 rings (SSSR count). The first kappa shape index (κ1) is 128. The maximum atomic E-state index is 13.3. The number of amides is 6. The Labute approximate surface area is 776 Å². The minimum Gasteiger partial charge on any atom is -0.464 e. The van der Waals surface area contributed by atoms with E-state index in [1.165, 1.54) is 32.9 Å². The third kappa shape index (κ3) is 59.0. The molecule has 1 fully saturated rings. The van der Waals surface area contributed by atoms with Crippen LogP contribution in [0, 0.1) is 63.6 Å². The van der Waals surface area contributed by atoms with Crippen molar-refractivity contribution in [3.63, 3.8) is 0 Å². The first-order chi connectivity index (χ1) is 57.6. The average molecular weight is 1840 g/mol. The van der Waals surface area contributed by atoms with Gasteiger partial charge in [0.2, 0.25) is 41.3 Å². The second-order valence-corrected chi connectivity index (χ2v) is 47.2. The van der Waals surface area contributed by atoms with Gasteiger partial charge in [-0.15, -0.1) is 17.9 Å². The van der Waals surface area contributed by atoms with Crippen molar-refractivity contribution < 1.29 is 83.5 Å². The number of rotatable bonds is 8. The third-order valence-corrected chi connectivity index (χ3v) is 20.5. The van der Waals surface area contributed by atoms with Gasteiger partial charge in [0.15, 0.2) is 21.4 Å². The number of nitrogens with zero attached hydrogens (tertiary/aromatic N) is 4. The average Bonchev–Trinajstić information content (AvgIpc) is 1.62. The largest absolute Gasteiger partial charge is 0.464 e. The van der Waals surface area contributed by atoms with Crippen LogP contribution >= 0.6 is 0 Å². The summed E-state index contributed by atoms with van der Waals surface area (Å²) >= 11 is 0. The van der Waals surface area contributed by atoms with Gasteiger partial charge in [0.25, 0.3) is 5.91 Å². The highest BCUT2D eigenvalue weighted by molar-refractivity contribution is 7.95. The van der Waals surface area contributed by atoms with E-state index in [2.05, 4.69) is 87.0 Å². The Morgan fingerprint density at radius 2 is 0.977 bits per heavy atom. The van der Waals surface area contributed by atoms with Crippen LogP contribution in [-0.4, -0.2) is 150 Å². The van der Waals surface area contributed by atoms with Crippen LogP contribution < -0.4 is 21.3 Å². The quantitative estimate of drug-likeness (QED) is 0.0470. The first-order valence-electron chi connectivity index (χ1n) is 44.1. The van der Waals surface area contributed by atoms with Crippen LogP contribution in [-0.2, 0) is 72.9 Å². The molecule has 1 aromatic rings. The zero-order valence-electron chi connectivity index (χ0n) is 86.5. The number of ether oxygens (including phenoxy) is 1. The minimum atomic E-state index is -3.07. The molecule has 0 bridgehead atoms. The van der Waals surface area contributed by atoms with Gasteiger partial charge in [0.1, 0.15) is 28.7 Å². The van der Waals surface area contributed by atoms with Crippen LogP contribution in [0.2, 0.25) is 0 Å². The SMILES string of the molecule is C#CC(=O)C(C)(C)C.C#CC(=O)NC(C)(C)C.C/C(F)=C(\C)C(=O)NC(C)(C)C.C=CC(=O)C(C)(C)C.C=CS(=O)(=O)C(C)(C)C.CC(=O)C1(C(=O)OCC(C)(C)C)CC1.CC(C)(C)C1CCC=CC1=O.CC(C)(C)N1CC=CC1=O.CC(C)(C)N1CCC=CC1=O.CC(C)(C)NC(=O)C1=C(F)CCC1.CC(C)(C)NC(=O)C1=C(F)CCCC1.CC(C)(C)n1ccc(F)n1. The van der Waals surface area contributed by atoms with E-state index in [1.807, 2.05) is 200 Å². The molecule has 1 atom stereocenters. The Kier molecular flexibility index (Phi) is 54.4. The summed E-state index contributed by atoms with van der Waals surface area (Å²) in [6, 6.07) is 1.35. The molecular weight excluding hydrogens is 1670 g/mol. The smallest absolute Gasteiger partial charge is 0.319 e. The molecule has 3 heterocycles. The van der Waals surface area contributed by atoms with Crippen LogP contribution in [0.4, 0.5) is 17.6 Å². The van der Waals surface area contributed by atoms with Gasteiger partial charge < -0.3 is 35.8 Å². The van der Waals surface area contributed by atoms with Gasteiger partial charge in [-0.05, 0) is 305 Å². The van der Waals surface area contributed by atoms with Gasteiger partial charge in [0, 0.05) is 104 Å². The summed E-state index contributed by atoms with van der Waals surface area (Å²) in [7, 11) is -3.07. The summed E-state index contributed by atoms with van der Waals surface area (Å²) < 4.78 is 79.0. The normalized spacial score (nSPS) is 16.3. The minimum absolute atomic E-state index is 0.0259.